The van der Waals surface area contributed by atoms with Gasteiger partial charge in [-0.2, -0.15) is 0 Å². The van der Waals surface area contributed by atoms with Crippen LogP contribution in [-0.4, -0.2) is 31.2 Å². The van der Waals surface area contributed by atoms with Gasteiger partial charge in [0, 0.05) is 19.2 Å². The molecule has 2 aromatic rings. The average molecular weight is 276 g/mol. The minimum absolute atomic E-state index is 0.0958. The lowest BCUT2D eigenvalue weighted by Crippen LogP contribution is -2.26. The fourth-order valence-corrected chi connectivity index (χ4v) is 2.58. The zero-order chi connectivity index (χ0) is 13.7. The Morgan fingerprint density at radius 1 is 1.37 bits per heavy atom. The number of carbonyl (C=O) groups is 1. The van der Waals surface area contributed by atoms with Crippen LogP contribution in [0.2, 0.25) is 0 Å². The predicted octanol–water partition coefficient (Wildman–Crippen LogP) is 2.49. The number of nitrogens with zero attached hydrogens (tertiary/aromatic N) is 1. The summed E-state index contributed by atoms with van der Waals surface area (Å²) in [6, 6.07) is 9.75. The molecular formula is C14H16N2O2S. The first kappa shape index (κ1) is 13.7. The fraction of sp³-hybridized carbons (Fsp3) is 0.286. The number of hydrogen-bond acceptors (Lipinski definition) is 4. The topological polar surface area (TPSA) is 51.2 Å². The fourth-order valence-electron chi connectivity index (χ4n) is 1.72. The first-order chi connectivity index (χ1) is 9.22. The van der Waals surface area contributed by atoms with E-state index in [0.29, 0.717) is 18.0 Å². The van der Waals surface area contributed by atoms with Gasteiger partial charge in [-0.1, -0.05) is 30.3 Å². The Morgan fingerprint density at radius 2 is 2.11 bits per heavy atom. The molecule has 1 amide bonds. The van der Waals surface area contributed by atoms with Crippen LogP contribution < -0.4 is 5.32 Å². The highest BCUT2D eigenvalue weighted by atomic mass is 32.1. The molecule has 0 saturated carbocycles. The number of rotatable bonds is 5. The third-order valence-corrected chi connectivity index (χ3v) is 3.55. The lowest BCUT2D eigenvalue weighted by Gasteiger charge is -2.04. The van der Waals surface area contributed by atoms with Crippen LogP contribution in [0.15, 0.2) is 30.3 Å². The maximum atomic E-state index is 12.1. The normalized spacial score (nSPS) is 10.4. The van der Waals surface area contributed by atoms with Gasteiger partial charge in [-0.05, 0) is 6.92 Å². The number of aryl methyl sites for hydroxylation is 1. The summed E-state index contributed by atoms with van der Waals surface area (Å²) in [4.78, 5) is 17.2. The summed E-state index contributed by atoms with van der Waals surface area (Å²) in [5.41, 5.74) is 1.71. The van der Waals surface area contributed by atoms with Gasteiger partial charge in [0.25, 0.3) is 5.91 Å². The van der Waals surface area contributed by atoms with Crippen molar-refractivity contribution in [3.05, 3.63) is 40.2 Å². The number of amides is 1. The predicted molar refractivity (Wildman–Crippen MR) is 76.5 cm³/mol. The molecule has 2 rings (SSSR count). The lowest BCUT2D eigenvalue weighted by atomic mass is 10.1. The molecule has 0 saturated heterocycles. The van der Waals surface area contributed by atoms with Crippen molar-refractivity contribution in [2.24, 2.45) is 0 Å². The second kappa shape index (κ2) is 6.45. The van der Waals surface area contributed by atoms with Gasteiger partial charge < -0.3 is 10.1 Å². The van der Waals surface area contributed by atoms with Crippen LogP contribution in [-0.2, 0) is 4.74 Å². The van der Waals surface area contributed by atoms with Crippen molar-refractivity contribution in [1.82, 2.24) is 10.3 Å². The first-order valence-electron chi connectivity index (χ1n) is 6.02. The van der Waals surface area contributed by atoms with Crippen LogP contribution in [0.1, 0.15) is 14.7 Å². The third-order valence-electron chi connectivity index (χ3n) is 2.58. The molecule has 1 aromatic heterocycles. The summed E-state index contributed by atoms with van der Waals surface area (Å²) < 4.78 is 4.92. The molecule has 4 nitrogen and oxygen atoms in total. The van der Waals surface area contributed by atoms with Crippen LogP contribution in [0.25, 0.3) is 11.3 Å². The molecular weight excluding hydrogens is 260 g/mol. The summed E-state index contributed by atoms with van der Waals surface area (Å²) in [5.74, 6) is -0.0958. The summed E-state index contributed by atoms with van der Waals surface area (Å²) >= 11 is 1.41. The maximum absolute atomic E-state index is 12.1. The van der Waals surface area contributed by atoms with E-state index in [4.69, 9.17) is 4.74 Å². The minimum atomic E-state index is -0.0958. The lowest BCUT2D eigenvalue weighted by molar-refractivity contribution is 0.0941. The molecule has 0 radical (unpaired) electrons. The van der Waals surface area contributed by atoms with E-state index in [0.717, 1.165) is 16.3 Å². The maximum Gasteiger partial charge on any atom is 0.263 e. The number of ether oxygens (including phenoxy) is 1. The molecule has 19 heavy (non-hydrogen) atoms. The second-order valence-electron chi connectivity index (χ2n) is 4.03. The van der Waals surface area contributed by atoms with Crippen molar-refractivity contribution in [3.63, 3.8) is 0 Å². The zero-order valence-electron chi connectivity index (χ0n) is 11.0. The van der Waals surface area contributed by atoms with Gasteiger partial charge in [-0.25, -0.2) is 4.98 Å². The van der Waals surface area contributed by atoms with E-state index in [1.165, 1.54) is 11.3 Å². The van der Waals surface area contributed by atoms with Gasteiger partial charge in [-0.15, -0.1) is 11.3 Å². The Kier molecular flexibility index (Phi) is 4.65. The molecule has 0 aliphatic carbocycles. The van der Waals surface area contributed by atoms with Crippen molar-refractivity contribution in [1.29, 1.82) is 0 Å². The van der Waals surface area contributed by atoms with Crippen LogP contribution in [0.3, 0.4) is 0 Å². The van der Waals surface area contributed by atoms with Gasteiger partial charge >= 0.3 is 0 Å². The number of hydrogen-bond donors (Lipinski definition) is 1. The van der Waals surface area contributed by atoms with Gasteiger partial charge in [0.2, 0.25) is 0 Å². The largest absolute Gasteiger partial charge is 0.383 e. The molecule has 1 heterocycles. The van der Waals surface area contributed by atoms with Gasteiger partial charge in [0.15, 0.2) is 0 Å². The highest BCUT2D eigenvalue weighted by Gasteiger charge is 2.17. The van der Waals surface area contributed by atoms with Crippen molar-refractivity contribution in [3.8, 4) is 11.3 Å². The Balaban J connectivity index is 2.24. The minimum Gasteiger partial charge on any atom is -0.383 e. The highest BCUT2D eigenvalue weighted by molar-refractivity contribution is 7.14. The Hall–Kier alpha value is -1.72. The van der Waals surface area contributed by atoms with Crippen LogP contribution >= 0.6 is 11.3 Å². The van der Waals surface area contributed by atoms with Crippen molar-refractivity contribution < 1.29 is 9.53 Å². The van der Waals surface area contributed by atoms with E-state index < -0.39 is 0 Å². The van der Waals surface area contributed by atoms with Crippen LogP contribution in [0.4, 0.5) is 0 Å². The van der Waals surface area contributed by atoms with Crippen molar-refractivity contribution >= 4 is 17.2 Å². The van der Waals surface area contributed by atoms with E-state index in [9.17, 15) is 4.79 Å². The summed E-state index contributed by atoms with van der Waals surface area (Å²) in [6.07, 6.45) is 0. The van der Waals surface area contributed by atoms with E-state index in [1.54, 1.807) is 7.11 Å². The number of aromatic nitrogens is 1. The number of methoxy groups -OCH3 is 1. The monoisotopic (exact) mass is 276 g/mol. The van der Waals surface area contributed by atoms with E-state index >= 15 is 0 Å². The molecule has 0 spiro atoms. The molecule has 0 aliphatic rings. The number of nitrogens with one attached hydrogen (secondary N) is 1. The van der Waals surface area contributed by atoms with Crippen molar-refractivity contribution in [2.45, 2.75) is 6.92 Å². The Labute approximate surface area is 116 Å². The molecule has 5 heteroatoms. The first-order valence-corrected chi connectivity index (χ1v) is 6.84. The molecule has 0 fully saturated rings. The van der Waals surface area contributed by atoms with E-state index in [-0.39, 0.29) is 5.91 Å². The van der Waals surface area contributed by atoms with Crippen LogP contribution in [0, 0.1) is 6.92 Å². The van der Waals surface area contributed by atoms with Gasteiger partial charge in [-0.3, -0.25) is 4.79 Å². The van der Waals surface area contributed by atoms with E-state index in [1.807, 2.05) is 37.3 Å². The smallest absolute Gasteiger partial charge is 0.263 e. The zero-order valence-corrected chi connectivity index (χ0v) is 11.8. The molecule has 1 N–H and O–H groups in total. The number of benzene rings is 1. The standard InChI is InChI=1S/C14H16N2O2S/c1-10-16-12(11-6-4-3-5-7-11)13(19-10)14(17)15-8-9-18-2/h3-7H,8-9H2,1-2H3,(H,15,17). The SMILES string of the molecule is COCCNC(=O)c1sc(C)nc1-c1ccccc1. The molecule has 100 valence electrons. The molecule has 0 aliphatic heterocycles. The highest BCUT2D eigenvalue weighted by Crippen LogP contribution is 2.27. The quantitative estimate of drug-likeness (QED) is 0.854. The van der Waals surface area contributed by atoms with E-state index in [2.05, 4.69) is 10.3 Å². The second-order valence-corrected chi connectivity index (χ2v) is 5.23. The molecule has 0 bridgehead atoms. The van der Waals surface area contributed by atoms with Gasteiger partial charge in [0.1, 0.15) is 4.88 Å². The molecule has 1 aromatic carbocycles. The van der Waals surface area contributed by atoms with Crippen molar-refractivity contribution in [2.75, 3.05) is 20.3 Å². The van der Waals surface area contributed by atoms with Gasteiger partial charge in [0.05, 0.1) is 17.3 Å². The number of thiazole rings is 1. The average Bonchev–Trinajstić information content (AvgIpc) is 2.82. The number of carbonyl (C=O) groups excluding carboxylic acids is 1. The molecule has 0 atom stereocenters. The summed E-state index contributed by atoms with van der Waals surface area (Å²) in [7, 11) is 1.61. The summed E-state index contributed by atoms with van der Waals surface area (Å²) in [5, 5.41) is 3.71. The third kappa shape index (κ3) is 3.39. The molecule has 0 unspecified atom stereocenters. The Bertz CT molecular complexity index is 552. The summed E-state index contributed by atoms with van der Waals surface area (Å²) in [6.45, 7) is 2.91. The Morgan fingerprint density at radius 3 is 2.79 bits per heavy atom. The van der Waals surface area contributed by atoms with Crippen LogP contribution in [0.5, 0.6) is 0 Å².